The van der Waals surface area contributed by atoms with Gasteiger partial charge in [-0.2, -0.15) is 0 Å². The zero-order valence-corrected chi connectivity index (χ0v) is 38.8. The van der Waals surface area contributed by atoms with Crippen molar-refractivity contribution in [2.45, 2.75) is 10.8 Å². The van der Waals surface area contributed by atoms with Crippen LogP contribution < -0.4 is 14.4 Å². The van der Waals surface area contributed by atoms with Crippen LogP contribution in [0.2, 0.25) is 0 Å². The summed E-state index contributed by atoms with van der Waals surface area (Å²) < 4.78 is 19.9. The zero-order valence-electron chi connectivity index (χ0n) is 38.8. The lowest BCUT2D eigenvalue weighted by atomic mass is 9.66. The first-order chi connectivity index (χ1) is 35.7. The summed E-state index contributed by atoms with van der Waals surface area (Å²) in [4.78, 5) is 2.54. The number of ether oxygens (including phenoxy) is 2. The van der Waals surface area contributed by atoms with Crippen LogP contribution in [0.1, 0.15) is 44.5 Å². The van der Waals surface area contributed by atoms with Gasteiger partial charge in [-0.25, -0.2) is 0 Å². The van der Waals surface area contributed by atoms with Crippen LogP contribution in [-0.4, -0.2) is 0 Å². The highest BCUT2D eigenvalue weighted by atomic mass is 16.5. The minimum Gasteiger partial charge on any atom is -0.457 e. The first-order valence-electron chi connectivity index (χ1n) is 24.7. The summed E-state index contributed by atoms with van der Waals surface area (Å²) in [6.45, 7) is 0. The lowest BCUT2D eigenvalue weighted by Gasteiger charge is -2.40. The summed E-state index contributed by atoms with van der Waals surface area (Å²) in [5.74, 6) is 3.49. The van der Waals surface area contributed by atoms with Crippen LogP contribution in [0.4, 0.5) is 17.1 Å². The van der Waals surface area contributed by atoms with Crippen molar-refractivity contribution in [3.8, 4) is 56.4 Å². The van der Waals surface area contributed by atoms with E-state index in [0.717, 1.165) is 95.4 Å². The number of rotatable bonds is 4. The minimum atomic E-state index is -0.639. The Morgan fingerprint density at radius 1 is 0.292 bits per heavy atom. The highest BCUT2D eigenvalue weighted by Crippen LogP contribution is 2.67. The first-order valence-corrected chi connectivity index (χ1v) is 24.7. The second kappa shape index (κ2) is 14.6. The molecule has 1 aromatic heterocycles. The number of hydrogen-bond acceptors (Lipinski definition) is 4. The summed E-state index contributed by atoms with van der Waals surface area (Å²) in [7, 11) is 0. The molecule has 3 heterocycles. The standard InChI is InChI=1S/C68H41NO3/c1-4-22-48-45(18-1)65-54(67(48)50-24-6-11-33-59(50)71-60-34-12-7-25-51(60)67)28-16-30-56(65)69(43-40-38-42(39-41-43)44-21-15-37-63-64(44)47-20-3-10-32-58(47)70-63)57-31-17-29-55-66(57)46-19-2-5-23-49(46)68(55)52-26-8-13-35-61(52)72-62-36-14-9-27-53(62)68/h1-41H. The lowest BCUT2D eigenvalue weighted by molar-refractivity contribution is 0.436. The van der Waals surface area contributed by atoms with Gasteiger partial charge in [-0.05, 0) is 105 Å². The fourth-order valence-corrected chi connectivity index (χ4v) is 13.4. The Labute approximate surface area is 416 Å². The molecule has 0 fully saturated rings. The third-order valence-corrected chi connectivity index (χ3v) is 16.0. The summed E-state index contributed by atoms with van der Waals surface area (Å²) in [5, 5.41) is 2.23. The van der Waals surface area contributed by atoms with E-state index in [1.807, 2.05) is 6.07 Å². The molecule has 4 nitrogen and oxygen atoms in total. The van der Waals surface area contributed by atoms with Gasteiger partial charge in [0.05, 0.1) is 22.2 Å². The third-order valence-electron chi connectivity index (χ3n) is 16.0. The number of furan rings is 1. The lowest BCUT2D eigenvalue weighted by Crippen LogP contribution is -2.32. The van der Waals surface area contributed by atoms with Crippen LogP contribution in [0.15, 0.2) is 253 Å². The van der Waals surface area contributed by atoms with E-state index >= 15 is 0 Å². The number of para-hydroxylation sites is 5. The van der Waals surface area contributed by atoms with Gasteiger partial charge in [0.25, 0.3) is 0 Å². The fraction of sp³-hybridized carbons (Fsp3) is 0.0294. The Bertz CT molecular complexity index is 3970. The average molecular weight is 920 g/mol. The molecule has 0 bridgehead atoms. The van der Waals surface area contributed by atoms with E-state index in [1.165, 1.54) is 44.5 Å². The fourth-order valence-electron chi connectivity index (χ4n) is 13.4. The van der Waals surface area contributed by atoms with Crippen molar-refractivity contribution in [2.75, 3.05) is 4.90 Å². The van der Waals surface area contributed by atoms with Crippen LogP contribution in [0.25, 0.3) is 55.3 Å². The van der Waals surface area contributed by atoms with Gasteiger partial charge in [-0.3, -0.25) is 0 Å². The summed E-state index contributed by atoms with van der Waals surface area (Å²) in [6, 6.07) is 90.2. The van der Waals surface area contributed by atoms with Crippen LogP contribution in [0.5, 0.6) is 23.0 Å². The highest BCUT2D eigenvalue weighted by Gasteiger charge is 2.54. The van der Waals surface area contributed by atoms with E-state index in [9.17, 15) is 0 Å². The van der Waals surface area contributed by atoms with Gasteiger partial charge in [0.1, 0.15) is 34.2 Å². The molecule has 0 saturated heterocycles. The molecule has 2 aliphatic heterocycles. The Morgan fingerprint density at radius 3 is 1.19 bits per heavy atom. The summed E-state index contributed by atoms with van der Waals surface area (Å²) >= 11 is 0. The third kappa shape index (κ3) is 5.00. The highest BCUT2D eigenvalue weighted by molar-refractivity contribution is 6.12. The predicted molar refractivity (Wildman–Crippen MR) is 289 cm³/mol. The number of hydrogen-bond donors (Lipinski definition) is 0. The van der Waals surface area contributed by atoms with E-state index in [1.54, 1.807) is 0 Å². The quantitative estimate of drug-likeness (QED) is 0.176. The molecule has 0 N–H and O–H groups in total. The van der Waals surface area contributed by atoms with Crippen LogP contribution in [-0.2, 0) is 10.8 Å². The van der Waals surface area contributed by atoms with Crippen molar-refractivity contribution >= 4 is 39.0 Å². The molecule has 11 aromatic carbocycles. The maximum Gasteiger partial charge on any atom is 0.136 e. The minimum absolute atomic E-state index is 0.639. The Morgan fingerprint density at radius 2 is 0.681 bits per heavy atom. The Kier molecular flexibility index (Phi) is 7.99. The van der Waals surface area contributed by atoms with Crippen molar-refractivity contribution in [2.24, 2.45) is 0 Å². The van der Waals surface area contributed by atoms with E-state index in [0.29, 0.717) is 0 Å². The van der Waals surface area contributed by atoms with E-state index in [-0.39, 0.29) is 0 Å². The summed E-state index contributed by atoms with van der Waals surface area (Å²) in [5.41, 5.74) is 20.2. The molecule has 0 amide bonds. The SMILES string of the molecule is c1ccc2c(c1)Oc1ccccc1C21c2ccccc2-c2c(N(c3ccc(-c4cccc5oc6ccccc6c45)cc3)c3cccc4c3-c3ccccc3C43c4ccccc4Oc4ccccc43)cccc21. The van der Waals surface area contributed by atoms with Crippen molar-refractivity contribution < 1.29 is 13.9 Å². The van der Waals surface area contributed by atoms with Gasteiger partial charge >= 0.3 is 0 Å². The molecular weight excluding hydrogens is 879 g/mol. The monoisotopic (exact) mass is 919 g/mol. The van der Waals surface area contributed by atoms with Gasteiger partial charge in [-0.1, -0.05) is 188 Å². The molecule has 2 spiro atoms. The van der Waals surface area contributed by atoms with E-state index in [4.69, 9.17) is 13.9 Å². The Balaban J connectivity index is 0.998. The Hall–Kier alpha value is -9.38. The molecule has 2 aliphatic carbocycles. The average Bonchev–Trinajstić information content (AvgIpc) is 4.07. The molecule has 336 valence electrons. The normalized spacial score (nSPS) is 14.3. The van der Waals surface area contributed by atoms with Gasteiger partial charge < -0.3 is 18.8 Å². The maximum atomic E-state index is 6.77. The molecule has 0 atom stereocenters. The molecule has 0 radical (unpaired) electrons. The molecular formula is C68H41NO3. The zero-order chi connectivity index (χ0) is 47.1. The number of benzene rings is 11. The van der Waals surface area contributed by atoms with E-state index in [2.05, 4.69) is 248 Å². The topological polar surface area (TPSA) is 34.8 Å². The van der Waals surface area contributed by atoms with Crippen LogP contribution in [0.3, 0.4) is 0 Å². The predicted octanol–water partition coefficient (Wildman–Crippen LogP) is 17.7. The molecule has 0 saturated carbocycles. The number of anilines is 3. The first kappa shape index (κ1) is 39.5. The van der Waals surface area contributed by atoms with Crippen LogP contribution in [0, 0.1) is 0 Å². The molecule has 0 unspecified atom stereocenters. The van der Waals surface area contributed by atoms with Crippen molar-refractivity contribution in [3.05, 3.63) is 293 Å². The molecule has 12 aromatic rings. The van der Waals surface area contributed by atoms with Gasteiger partial charge in [0.15, 0.2) is 0 Å². The molecule has 4 heteroatoms. The van der Waals surface area contributed by atoms with Gasteiger partial charge in [-0.15, -0.1) is 0 Å². The van der Waals surface area contributed by atoms with Crippen molar-refractivity contribution in [1.29, 1.82) is 0 Å². The molecule has 4 aliphatic rings. The largest absolute Gasteiger partial charge is 0.457 e. The van der Waals surface area contributed by atoms with Crippen molar-refractivity contribution in [1.82, 2.24) is 0 Å². The van der Waals surface area contributed by atoms with Crippen LogP contribution >= 0.6 is 0 Å². The van der Waals surface area contributed by atoms with Gasteiger partial charge in [0.2, 0.25) is 0 Å². The molecule has 16 rings (SSSR count). The van der Waals surface area contributed by atoms with Crippen molar-refractivity contribution in [3.63, 3.8) is 0 Å². The second-order valence-electron chi connectivity index (χ2n) is 19.3. The van der Waals surface area contributed by atoms with E-state index < -0.39 is 10.8 Å². The maximum absolute atomic E-state index is 6.77. The number of fused-ring (bicyclic) bond motifs is 21. The number of nitrogens with zero attached hydrogens (tertiary/aromatic N) is 1. The summed E-state index contributed by atoms with van der Waals surface area (Å²) in [6.07, 6.45) is 0. The molecule has 72 heavy (non-hydrogen) atoms. The van der Waals surface area contributed by atoms with Gasteiger partial charge in [0, 0.05) is 49.8 Å². The smallest absolute Gasteiger partial charge is 0.136 e. The second-order valence-corrected chi connectivity index (χ2v) is 19.3.